The molecule has 0 aromatic rings. The van der Waals surface area contributed by atoms with Crippen LogP contribution in [0.25, 0.3) is 0 Å². The van der Waals surface area contributed by atoms with Crippen molar-refractivity contribution in [3.8, 4) is 0 Å². The van der Waals surface area contributed by atoms with Crippen LogP contribution in [0, 0.1) is 5.92 Å². The second-order valence-corrected chi connectivity index (χ2v) is 4.29. The van der Waals surface area contributed by atoms with Gasteiger partial charge in [-0.1, -0.05) is 32.8 Å². The molecular formula is C11H18O. The third-order valence-corrected chi connectivity index (χ3v) is 3.45. The Labute approximate surface area is 74.8 Å². The topological polar surface area (TPSA) is 9.23 Å². The average Bonchev–Trinajstić information content (AvgIpc) is 2.37. The summed E-state index contributed by atoms with van der Waals surface area (Å²) < 4.78 is 5.91. The lowest BCUT2D eigenvalue weighted by Gasteiger charge is -2.33. The molecule has 1 spiro atoms. The predicted octanol–water partition coefficient (Wildman–Crippen LogP) is 2.91. The van der Waals surface area contributed by atoms with Gasteiger partial charge in [0, 0.05) is 5.92 Å². The molecule has 2 fully saturated rings. The molecule has 1 nitrogen and oxygen atoms in total. The standard InChI is InChI=1S/C11H18O/c1-9-8-12-11(10(9)2)6-4-3-5-7-11/h9H,2-8H2,1H3. The average molecular weight is 166 g/mol. The van der Waals surface area contributed by atoms with Gasteiger partial charge in [-0.15, -0.1) is 0 Å². The van der Waals surface area contributed by atoms with E-state index in [0.29, 0.717) is 5.92 Å². The van der Waals surface area contributed by atoms with Crippen molar-refractivity contribution in [3.63, 3.8) is 0 Å². The van der Waals surface area contributed by atoms with Gasteiger partial charge in [0.25, 0.3) is 0 Å². The maximum absolute atomic E-state index is 5.91. The van der Waals surface area contributed by atoms with Gasteiger partial charge in [0.1, 0.15) is 0 Å². The van der Waals surface area contributed by atoms with Crippen molar-refractivity contribution in [2.24, 2.45) is 5.92 Å². The van der Waals surface area contributed by atoms with E-state index in [9.17, 15) is 0 Å². The lowest BCUT2D eigenvalue weighted by atomic mass is 9.78. The SMILES string of the molecule is C=C1C(C)COC12CCCCC2. The Morgan fingerprint density at radius 1 is 1.33 bits per heavy atom. The summed E-state index contributed by atoms with van der Waals surface area (Å²) in [6, 6.07) is 0. The first-order valence-corrected chi connectivity index (χ1v) is 5.08. The molecule has 68 valence electrons. The van der Waals surface area contributed by atoms with Gasteiger partial charge < -0.3 is 4.74 Å². The van der Waals surface area contributed by atoms with Gasteiger partial charge in [0.05, 0.1) is 12.2 Å². The lowest BCUT2D eigenvalue weighted by molar-refractivity contribution is -0.00597. The van der Waals surface area contributed by atoms with Crippen molar-refractivity contribution < 1.29 is 4.74 Å². The Morgan fingerprint density at radius 3 is 2.50 bits per heavy atom. The molecule has 1 saturated carbocycles. The lowest BCUT2D eigenvalue weighted by Crippen LogP contribution is -2.32. The first-order chi connectivity index (χ1) is 5.75. The Kier molecular flexibility index (Phi) is 1.99. The van der Waals surface area contributed by atoms with E-state index in [1.165, 1.54) is 37.7 Å². The van der Waals surface area contributed by atoms with Crippen molar-refractivity contribution in [2.45, 2.75) is 44.6 Å². The van der Waals surface area contributed by atoms with Crippen molar-refractivity contribution in [3.05, 3.63) is 12.2 Å². The first-order valence-electron chi connectivity index (χ1n) is 5.08. The molecule has 0 bridgehead atoms. The molecule has 1 atom stereocenters. The van der Waals surface area contributed by atoms with Crippen LogP contribution in [-0.2, 0) is 4.74 Å². The van der Waals surface area contributed by atoms with Gasteiger partial charge >= 0.3 is 0 Å². The van der Waals surface area contributed by atoms with Gasteiger partial charge in [0.15, 0.2) is 0 Å². The van der Waals surface area contributed by atoms with Crippen LogP contribution >= 0.6 is 0 Å². The molecular weight excluding hydrogens is 148 g/mol. The van der Waals surface area contributed by atoms with Crippen LogP contribution < -0.4 is 0 Å². The van der Waals surface area contributed by atoms with Gasteiger partial charge in [-0.25, -0.2) is 0 Å². The van der Waals surface area contributed by atoms with Crippen LogP contribution in [-0.4, -0.2) is 12.2 Å². The highest BCUT2D eigenvalue weighted by molar-refractivity contribution is 5.20. The quantitative estimate of drug-likeness (QED) is 0.503. The molecule has 0 amide bonds. The van der Waals surface area contributed by atoms with Crippen molar-refractivity contribution in [1.29, 1.82) is 0 Å². The van der Waals surface area contributed by atoms with E-state index < -0.39 is 0 Å². The van der Waals surface area contributed by atoms with E-state index in [1.54, 1.807) is 0 Å². The van der Waals surface area contributed by atoms with E-state index in [0.717, 1.165) is 6.61 Å². The summed E-state index contributed by atoms with van der Waals surface area (Å²) in [6.07, 6.45) is 6.47. The minimum Gasteiger partial charge on any atom is -0.370 e. The van der Waals surface area contributed by atoms with Gasteiger partial charge in [0.2, 0.25) is 0 Å². The van der Waals surface area contributed by atoms with E-state index in [1.807, 2.05) is 0 Å². The number of rotatable bonds is 0. The molecule has 2 aliphatic rings. The highest BCUT2D eigenvalue weighted by atomic mass is 16.5. The zero-order chi connectivity index (χ0) is 8.60. The Morgan fingerprint density at radius 2 is 2.00 bits per heavy atom. The maximum atomic E-state index is 5.91. The summed E-state index contributed by atoms with van der Waals surface area (Å²) >= 11 is 0. The summed E-state index contributed by atoms with van der Waals surface area (Å²) in [5.41, 5.74) is 1.47. The van der Waals surface area contributed by atoms with Crippen LogP contribution in [0.5, 0.6) is 0 Å². The van der Waals surface area contributed by atoms with Crippen LogP contribution in [0.3, 0.4) is 0 Å². The molecule has 1 aliphatic carbocycles. The van der Waals surface area contributed by atoms with E-state index in [4.69, 9.17) is 4.74 Å². The fourth-order valence-corrected chi connectivity index (χ4v) is 2.52. The van der Waals surface area contributed by atoms with Crippen molar-refractivity contribution in [2.75, 3.05) is 6.61 Å². The van der Waals surface area contributed by atoms with Gasteiger partial charge in [-0.05, 0) is 18.4 Å². The molecule has 1 saturated heterocycles. The Bertz CT molecular complexity index is 184. The largest absolute Gasteiger partial charge is 0.370 e. The number of hydrogen-bond acceptors (Lipinski definition) is 1. The molecule has 1 heteroatoms. The number of ether oxygens (including phenoxy) is 1. The summed E-state index contributed by atoms with van der Waals surface area (Å²) in [5.74, 6) is 0.586. The summed E-state index contributed by atoms with van der Waals surface area (Å²) in [6.45, 7) is 7.32. The monoisotopic (exact) mass is 166 g/mol. The molecule has 0 aromatic heterocycles. The fourth-order valence-electron chi connectivity index (χ4n) is 2.52. The first kappa shape index (κ1) is 8.31. The molecule has 1 aliphatic heterocycles. The second kappa shape index (κ2) is 2.88. The van der Waals surface area contributed by atoms with E-state index in [2.05, 4.69) is 13.5 Å². The normalized spacial score (nSPS) is 34.4. The zero-order valence-corrected chi connectivity index (χ0v) is 7.94. The van der Waals surface area contributed by atoms with Crippen LogP contribution in [0.2, 0.25) is 0 Å². The molecule has 0 N–H and O–H groups in total. The van der Waals surface area contributed by atoms with Crippen molar-refractivity contribution in [1.82, 2.24) is 0 Å². The highest BCUT2D eigenvalue weighted by Crippen LogP contribution is 2.44. The van der Waals surface area contributed by atoms with Crippen molar-refractivity contribution >= 4 is 0 Å². The zero-order valence-electron chi connectivity index (χ0n) is 7.94. The Hall–Kier alpha value is -0.300. The number of hydrogen-bond donors (Lipinski definition) is 0. The maximum Gasteiger partial charge on any atom is 0.0892 e. The Balaban J connectivity index is 2.14. The third kappa shape index (κ3) is 1.11. The minimum absolute atomic E-state index is 0.109. The van der Waals surface area contributed by atoms with Crippen LogP contribution in [0.15, 0.2) is 12.2 Å². The molecule has 0 radical (unpaired) electrons. The van der Waals surface area contributed by atoms with E-state index >= 15 is 0 Å². The third-order valence-electron chi connectivity index (χ3n) is 3.45. The highest BCUT2D eigenvalue weighted by Gasteiger charge is 2.42. The van der Waals surface area contributed by atoms with Crippen LogP contribution in [0.1, 0.15) is 39.0 Å². The minimum atomic E-state index is 0.109. The predicted molar refractivity (Wildman–Crippen MR) is 50.1 cm³/mol. The van der Waals surface area contributed by atoms with Gasteiger partial charge in [-0.2, -0.15) is 0 Å². The summed E-state index contributed by atoms with van der Waals surface area (Å²) in [5, 5.41) is 0. The summed E-state index contributed by atoms with van der Waals surface area (Å²) in [4.78, 5) is 0. The van der Waals surface area contributed by atoms with E-state index in [-0.39, 0.29) is 5.60 Å². The molecule has 1 heterocycles. The molecule has 1 unspecified atom stereocenters. The summed E-state index contributed by atoms with van der Waals surface area (Å²) in [7, 11) is 0. The van der Waals surface area contributed by atoms with Crippen LogP contribution in [0.4, 0.5) is 0 Å². The molecule has 2 rings (SSSR count). The van der Waals surface area contributed by atoms with Gasteiger partial charge in [-0.3, -0.25) is 0 Å². The molecule has 0 aromatic carbocycles. The molecule has 12 heavy (non-hydrogen) atoms. The smallest absolute Gasteiger partial charge is 0.0892 e. The fraction of sp³-hybridized carbons (Fsp3) is 0.818. The second-order valence-electron chi connectivity index (χ2n) is 4.29.